The predicted molar refractivity (Wildman–Crippen MR) is 130 cm³/mol. The molecule has 0 aromatic heterocycles. The van der Waals surface area contributed by atoms with Gasteiger partial charge in [0.2, 0.25) is 0 Å². The molecule has 0 bridgehead atoms. The number of methoxy groups -OCH3 is 1. The van der Waals surface area contributed by atoms with Crippen LogP contribution < -0.4 is 25.6 Å². The third-order valence-electron chi connectivity index (χ3n) is 5.56. The SMILES string of the molecule is COc1ccc(NC(=O)O[C@@H]2CO[C@H]3[C@@H]2OC[C@@H]3NC(=S)Nc2ccc(N(C)C)cc2)cc1. The van der Waals surface area contributed by atoms with Crippen LogP contribution in [0.25, 0.3) is 0 Å². The molecule has 0 unspecified atom stereocenters. The van der Waals surface area contributed by atoms with Gasteiger partial charge in [0.05, 0.1) is 26.4 Å². The third kappa shape index (κ3) is 5.65. The van der Waals surface area contributed by atoms with Crippen molar-refractivity contribution in [1.82, 2.24) is 5.32 Å². The molecule has 0 aliphatic carbocycles. The Morgan fingerprint density at radius 2 is 1.61 bits per heavy atom. The average Bonchev–Trinajstić information content (AvgIpc) is 3.38. The van der Waals surface area contributed by atoms with E-state index in [2.05, 4.69) is 16.0 Å². The van der Waals surface area contributed by atoms with Gasteiger partial charge in [-0.1, -0.05) is 0 Å². The molecule has 10 heteroatoms. The molecule has 33 heavy (non-hydrogen) atoms. The monoisotopic (exact) mass is 472 g/mol. The number of anilines is 3. The van der Waals surface area contributed by atoms with Gasteiger partial charge in [0.1, 0.15) is 18.0 Å². The first-order valence-corrected chi connectivity index (χ1v) is 11.0. The lowest BCUT2D eigenvalue weighted by Gasteiger charge is -2.20. The van der Waals surface area contributed by atoms with Crippen molar-refractivity contribution in [1.29, 1.82) is 0 Å². The Kier molecular flexibility index (Phi) is 7.17. The van der Waals surface area contributed by atoms with E-state index in [4.69, 9.17) is 31.2 Å². The Labute approximate surface area is 198 Å². The predicted octanol–water partition coefficient (Wildman–Crippen LogP) is 2.83. The molecular weight excluding hydrogens is 444 g/mol. The summed E-state index contributed by atoms with van der Waals surface area (Å²) in [7, 11) is 5.57. The van der Waals surface area contributed by atoms with Crippen molar-refractivity contribution in [3.8, 4) is 5.75 Å². The molecule has 1 amide bonds. The van der Waals surface area contributed by atoms with E-state index in [0.29, 0.717) is 23.2 Å². The van der Waals surface area contributed by atoms with Gasteiger partial charge in [-0.05, 0) is 60.7 Å². The highest BCUT2D eigenvalue weighted by molar-refractivity contribution is 7.80. The minimum absolute atomic E-state index is 0.144. The van der Waals surface area contributed by atoms with Gasteiger partial charge in [-0.15, -0.1) is 0 Å². The quantitative estimate of drug-likeness (QED) is 0.549. The number of rotatable bonds is 6. The van der Waals surface area contributed by atoms with Crippen molar-refractivity contribution in [3.05, 3.63) is 48.5 Å². The van der Waals surface area contributed by atoms with Gasteiger partial charge in [-0.3, -0.25) is 5.32 Å². The van der Waals surface area contributed by atoms with Crippen molar-refractivity contribution < 1.29 is 23.7 Å². The van der Waals surface area contributed by atoms with Crippen LogP contribution in [0.1, 0.15) is 0 Å². The standard InChI is InChI=1S/C23H28N4O5S/c1-27(2)16-8-4-14(5-9-16)24-22(33)26-18-12-30-21-19(13-31-20(18)21)32-23(28)25-15-6-10-17(29-3)11-7-15/h4-11,18-21H,12-13H2,1-3H3,(H,25,28)(H2,24,26,33)/t18-,19+,20+,21+/m0/s1. The van der Waals surface area contributed by atoms with Crippen molar-refractivity contribution in [2.24, 2.45) is 0 Å². The molecule has 3 N–H and O–H groups in total. The second-order valence-corrected chi connectivity index (χ2v) is 8.45. The molecule has 176 valence electrons. The number of hydrogen-bond donors (Lipinski definition) is 3. The maximum absolute atomic E-state index is 12.3. The van der Waals surface area contributed by atoms with Crippen LogP contribution >= 0.6 is 12.2 Å². The zero-order chi connectivity index (χ0) is 23.4. The van der Waals surface area contributed by atoms with Crippen LogP contribution in [0, 0.1) is 0 Å². The number of carbonyl (C=O) groups is 1. The lowest BCUT2D eigenvalue weighted by atomic mass is 10.1. The van der Waals surface area contributed by atoms with Crippen LogP contribution in [0.3, 0.4) is 0 Å². The number of hydrogen-bond acceptors (Lipinski definition) is 7. The Balaban J connectivity index is 1.26. The van der Waals surface area contributed by atoms with Crippen LogP contribution in [0.2, 0.25) is 0 Å². The number of benzene rings is 2. The number of nitrogens with zero attached hydrogens (tertiary/aromatic N) is 1. The summed E-state index contributed by atoms with van der Waals surface area (Å²) in [5.74, 6) is 0.705. The molecular formula is C23H28N4O5S. The van der Waals surface area contributed by atoms with Gasteiger partial charge in [-0.2, -0.15) is 0 Å². The zero-order valence-corrected chi connectivity index (χ0v) is 19.6. The fourth-order valence-electron chi connectivity index (χ4n) is 3.83. The second-order valence-electron chi connectivity index (χ2n) is 8.04. The number of nitrogens with one attached hydrogen (secondary N) is 3. The van der Waals surface area contributed by atoms with E-state index >= 15 is 0 Å². The van der Waals surface area contributed by atoms with Gasteiger partial charge < -0.3 is 34.5 Å². The zero-order valence-electron chi connectivity index (χ0n) is 18.7. The van der Waals surface area contributed by atoms with Crippen LogP contribution in [-0.2, 0) is 14.2 Å². The van der Waals surface area contributed by atoms with Gasteiger partial charge in [0.15, 0.2) is 11.2 Å². The Hall–Kier alpha value is -3.08. The van der Waals surface area contributed by atoms with E-state index in [0.717, 1.165) is 11.4 Å². The maximum Gasteiger partial charge on any atom is 0.412 e. The first-order chi connectivity index (χ1) is 15.9. The van der Waals surface area contributed by atoms with E-state index in [1.165, 1.54) is 0 Å². The smallest absolute Gasteiger partial charge is 0.412 e. The summed E-state index contributed by atoms with van der Waals surface area (Å²) in [5, 5.41) is 9.62. The molecule has 0 saturated carbocycles. The Morgan fingerprint density at radius 1 is 0.970 bits per heavy atom. The highest BCUT2D eigenvalue weighted by Gasteiger charge is 2.49. The summed E-state index contributed by atoms with van der Waals surface area (Å²) < 4.78 is 22.4. The molecule has 2 aliphatic rings. The Bertz CT molecular complexity index is 970. The molecule has 2 fully saturated rings. The lowest BCUT2D eigenvalue weighted by Crippen LogP contribution is -2.46. The van der Waals surface area contributed by atoms with Gasteiger partial charge >= 0.3 is 6.09 Å². The minimum Gasteiger partial charge on any atom is -0.497 e. The molecule has 0 spiro atoms. The fourth-order valence-corrected chi connectivity index (χ4v) is 4.10. The molecule has 2 saturated heterocycles. The summed E-state index contributed by atoms with van der Waals surface area (Å²) in [5.41, 5.74) is 2.60. The molecule has 2 aliphatic heterocycles. The largest absolute Gasteiger partial charge is 0.497 e. The van der Waals surface area contributed by atoms with E-state index in [-0.39, 0.29) is 24.9 Å². The average molecular weight is 473 g/mol. The summed E-state index contributed by atoms with van der Waals surface area (Å²) >= 11 is 5.46. The van der Waals surface area contributed by atoms with E-state index in [1.54, 1.807) is 31.4 Å². The normalized spacial score (nSPS) is 23.4. The van der Waals surface area contributed by atoms with Crippen LogP contribution in [-0.4, -0.2) is 70.0 Å². The van der Waals surface area contributed by atoms with Crippen LogP contribution in [0.4, 0.5) is 21.9 Å². The number of amides is 1. The van der Waals surface area contributed by atoms with E-state index in [9.17, 15) is 4.79 Å². The topological polar surface area (TPSA) is 93.3 Å². The van der Waals surface area contributed by atoms with Crippen molar-refractivity contribution >= 4 is 40.5 Å². The summed E-state index contributed by atoms with van der Waals surface area (Å²) in [6.07, 6.45) is -1.68. The van der Waals surface area contributed by atoms with Crippen molar-refractivity contribution in [2.45, 2.75) is 24.4 Å². The Morgan fingerprint density at radius 3 is 2.27 bits per heavy atom. The first-order valence-electron chi connectivity index (χ1n) is 10.6. The number of thiocarbonyl (C=S) groups is 1. The second kappa shape index (κ2) is 10.2. The number of carbonyl (C=O) groups excluding carboxylic acids is 1. The number of ether oxygens (including phenoxy) is 4. The number of fused-ring (bicyclic) bond motifs is 1. The molecule has 9 nitrogen and oxygen atoms in total. The molecule has 4 atom stereocenters. The highest BCUT2D eigenvalue weighted by atomic mass is 32.1. The summed E-state index contributed by atoms with van der Waals surface area (Å²) in [6, 6.07) is 14.8. The molecule has 4 rings (SSSR count). The van der Waals surface area contributed by atoms with Gasteiger partial charge in [0, 0.05) is 31.2 Å². The van der Waals surface area contributed by atoms with Gasteiger partial charge in [-0.25, -0.2) is 4.79 Å². The first kappa shape index (κ1) is 23.1. The van der Waals surface area contributed by atoms with E-state index in [1.807, 2.05) is 43.3 Å². The minimum atomic E-state index is -0.562. The molecule has 2 aromatic rings. The molecule has 2 aromatic carbocycles. The van der Waals surface area contributed by atoms with Crippen molar-refractivity contribution in [3.63, 3.8) is 0 Å². The van der Waals surface area contributed by atoms with Crippen LogP contribution in [0.15, 0.2) is 48.5 Å². The molecule has 2 heterocycles. The summed E-state index contributed by atoms with van der Waals surface area (Å²) in [4.78, 5) is 14.3. The third-order valence-corrected chi connectivity index (χ3v) is 5.78. The van der Waals surface area contributed by atoms with Crippen molar-refractivity contribution in [2.75, 3.05) is 50.0 Å². The summed E-state index contributed by atoms with van der Waals surface area (Å²) in [6.45, 7) is 0.659. The highest BCUT2D eigenvalue weighted by Crippen LogP contribution is 2.29. The van der Waals surface area contributed by atoms with Gasteiger partial charge in [0.25, 0.3) is 0 Å². The lowest BCUT2D eigenvalue weighted by molar-refractivity contribution is 0.00880. The fraction of sp³-hybridized carbons (Fsp3) is 0.391. The van der Waals surface area contributed by atoms with E-state index < -0.39 is 12.2 Å². The van der Waals surface area contributed by atoms with Crippen LogP contribution in [0.5, 0.6) is 5.75 Å². The maximum atomic E-state index is 12.3. The molecule has 0 radical (unpaired) electrons.